The molecule has 7 heteroatoms. The molecular formula is C13H15N5OS. The molecule has 2 heterocycles. The Morgan fingerprint density at radius 2 is 2.25 bits per heavy atom. The Labute approximate surface area is 120 Å². The van der Waals surface area contributed by atoms with Gasteiger partial charge in [-0.1, -0.05) is 5.16 Å². The van der Waals surface area contributed by atoms with Gasteiger partial charge in [0, 0.05) is 18.1 Å². The lowest BCUT2D eigenvalue weighted by molar-refractivity contribution is 0.318. The first-order chi connectivity index (χ1) is 9.78. The normalized spacial score (nSPS) is 15.1. The number of aromatic amines is 1. The van der Waals surface area contributed by atoms with Crippen LogP contribution in [-0.2, 0) is 12.8 Å². The van der Waals surface area contributed by atoms with Gasteiger partial charge < -0.3 is 15.9 Å². The lowest BCUT2D eigenvalue weighted by Crippen LogP contribution is -2.18. The van der Waals surface area contributed by atoms with Gasteiger partial charge in [0.1, 0.15) is 5.03 Å². The van der Waals surface area contributed by atoms with E-state index in [1.165, 1.54) is 17.3 Å². The summed E-state index contributed by atoms with van der Waals surface area (Å²) in [6.45, 7) is 0. The van der Waals surface area contributed by atoms with E-state index in [0.29, 0.717) is 5.56 Å². The van der Waals surface area contributed by atoms with Gasteiger partial charge in [-0.2, -0.15) is 0 Å². The van der Waals surface area contributed by atoms with E-state index >= 15 is 0 Å². The molecular weight excluding hydrogens is 274 g/mol. The quantitative estimate of drug-likeness (QED) is 0.347. The fourth-order valence-corrected chi connectivity index (χ4v) is 3.18. The highest BCUT2D eigenvalue weighted by Crippen LogP contribution is 2.30. The summed E-state index contributed by atoms with van der Waals surface area (Å²) >= 11 is 1.39. The zero-order chi connectivity index (χ0) is 13.9. The highest BCUT2D eigenvalue weighted by molar-refractivity contribution is 7.99. The number of nitrogens with zero attached hydrogens (tertiary/aromatic N) is 3. The first kappa shape index (κ1) is 13.0. The largest absolute Gasteiger partial charge is 0.409 e. The van der Waals surface area contributed by atoms with Gasteiger partial charge in [-0.05, 0) is 49.1 Å². The fourth-order valence-electron chi connectivity index (χ4n) is 2.33. The highest BCUT2D eigenvalue weighted by Gasteiger charge is 2.18. The third-order valence-electron chi connectivity index (χ3n) is 3.32. The number of H-pyrrole nitrogens is 1. The molecule has 0 aliphatic heterocycles. The van der Waals surface area contributed by atoms with Crippen molar-refractivity contribution >= 4 is 17.6 Å². The molecule has 6 nitrogen and oxygen atoms in total. The van der Waals surface area contributed by atoms with Crippen molar-refractivity contribution < 1.29 is 5.21 Å². The number of nitrogens with one attached hydrogen (secondary N) is 1. The van der Waals surface area contributed by atoms with E-state index in [4.69, 9.17) is 10.9 Å². The van der Waals surface area contributed by atoms with Crippen molar-refractivity contribution in [1.82, 2.24) is 15.0 Å². The molecule has 1 aliphatic carbocycles. The maximum absolute atomic E-state index is 8.95. The second-order valence-corrected chi connectivity index (χ2v) is 5.61. The predicted octanol–water partition coefficient (Wildman–Crippen LogP) is 1.93. The van der Waals surface area contributed by atoms with Crippen LogP contribution in [0.2, 0.25) is 0 Å². The molecule has 2 aromatic rings. The van der Waals surface area contributed by atoms with Crippen LogP contribution >= 0.6 is 11.8 Å². The van der Waals surface area contributed by atoms with Gasteiger partial charge in [0.25, 0.3) is 0 Å². The number of hydrogen-bond acceptors (Lipinski definition) is 5. The van der Waals surface area contributed by atoms with Gasteiger partial charge in [-0.25, -0.2) is 9.97 Å². The monoisotopic (exact) mass is 289 g/mol. The second-order valence-electron chi connectivity index (χ2n) is 4.64. The molecule has 0 amide bonds. The number of rotatable bonds is 3. The number of pyridine rings is 1. The first-order valence-electron chi connectivity index (χ1n) is 6.46. The van der Waals surface area contributed by atoms with Gasteiger partial charge in [0.05, 0.1) is 5.56 Å². The number of amidine groups is 1. The third-order valence-corrected chi connectivity index (χ3v) is 4.24. The molecule has 20 heavy (non-hydrogen) atoms. The zero-order valence-corrected chi connectivity index (χ0v) is 11.7. The Hall–Kier alpha value is -2.02. The number of aromatic nitrogens is 3. The van der Waals surface area contributed by atoms with Crippen molar-refractivity contribution in [3.05, 3.63) is 35.3 Å². The number of oxime groups is 1. The van der Waals surface area contributed by atoms with E-state index in [2.05, 4.69) is 20.1 Å². The minimum atomic E-state index is 0.0833. The molecule has 0 radical (unpaired) electrons. The third kappa shape index (κ3) is 2.49. The molecule has 0 fully saturated rings. The van der Waals surface area contributed by atoms with Crippen LogP contribution in [0.3, 0.4) is 0 Å². The number of imidazole rings is 1. The number of hydrogen-bond donors (Lipinski definition) is 3. The maximum atomic E-state index is 8.95. The molecule has 4 N–H and O–H groups in total. The Kier molecular flexibility index (Phi) is 3.60. The van der Waals surface area contributed by atoms with Crippen LogP contribution in [0.25, 0.3) is 0 Å². The smallest absolute Gasteiger partial charge is 0.172 e. The summed E-state index contributed by atoms with van der Waals surface area (Å²) in [6, 6.07) is 1.99. The summed E-state index contributed by atoms with van der Waals surface area (Å²) in [5.41, 5.74) is 8.74. The Morgan fingerprint density at radius 3 is 3.00 bits per heavy atom. The SMILES string of the molecule is N/C(=N/O)c1cc2c(nc1Sc1ncc[nH]1)CCCC2. The first-order valence-corrected chi connectivity index (χ1v) is 7.27. The molecule has 0 bridgehead atoms. The minimum absolute atomic E-state index is 0.0833. The van der Waals surface area contributed by atoms with Gasteiger partial charge in [-0.3, -0.25) is 0 Å². The summed E-state index contributed by atoms with van der Waals surface area (Å²) in [5.74, 6) is 0.0833. The summed E-state index contributed by atoms with van der Waals surface area (Å²) in [5, 5.41) is 13.5. The van der Waals surface area contributed by atoms with E-state index in [9.17, 15) is 0 Å². The summed E-state index contributed by atoms with van der Waals surface area (Å²) in [6.07, 6.45) is 7.74. The average molecular weight is 289 g/mol. The van der Waals surface area contributed by atoms with Gasteiger partial charge in [-0.15, -0.1) is 0 Å². The molecule has 2 aromatic heterocycles. The Bertz CT molecular complexity index is 638. The molecule has 104 valence electrons. The van der Waals surface area contributed by atoms with Crippen molar-refractivity contribution in [3.8, 4) is 0 Å². The average Bonchev–Trinajstić information content (AvgIpc) is 2.98. The topological polar surface area (TPSA) is 100 Å². The van der Waals surface area contributed by atoms with Crippen molar-refractivity contribution in [2.75, 3.05) is 0 Å². The molecule has 0 spiro atoms. The van der Waals surface area contributed by atoms with Crippen LogP contribution in [0.5, 0.6) is 0 Å². The Balaban J connectivity index is 2.05. The van der Waals surface area contributed by atoms with Gasteiger partial charge in [0.15, 0.2) is 11.0 Å². The zero-order valence-electron chi connectivity index (χ0n) is 10.8. The summed E-state index contributed by atoms with van der Waals surface area (Å²) in [7, 11) is 0. The Morgan fingerprint density at radius 1 is 1.40 bits per heavy atom. The molecule has 1 aliphatic rings. The highest BCUT2D eigenvalue weighted by atomic mass is 32.2. The number of aryl methyl sites for hydroxylation is 2. The van der Waals surface area contributed by atoms with Crippen LogP contribution in [0, 0.1) is 0 Å². The molecule has 0 saturated heterocycles. The van der Waals surface area contributed by atoms with Crippen molar-refractivity contribution in [1.29, 1.82) is 0 Å². The van der Waals surface area contributed by atoms with Crippen molar-refractivity contribution in [2.45, 2.75) is 35.9 Å². The standard InChI is InChI=1S/C13H15N5OS/c14-11(18-19)9-7-8-3-1-2-4-10(8)17-12(9)20-13-15-5-6-16-13/h5-7,19H,1-4H2,(H2,14,18)(H,15,16). The molecule has 0 saturated carbocycles. The number of fused-ring (bicyclic) bond motifs is 1. The van der Waals surface area contributed by atoms with Crippen LogP contribution in [0.15, 0.2) is 33.8 Å². The second kappa shape index (κ2) is 5.54. The molecule has 3 rings (SSSR count). The lowest BCUT2D eigenvalue weighted by Gasteiger charge is -2.17. The van der Waals surface area contributed by atoms with Crippen LogP contribution in [0.1, 0.15) is 29.7 Å². The summed E-state index contributed by atoms with van der Waals surface area (Å²) in [4.78, 5) is 11.9. The van der Waals surface area contributed by atoms with Crippen LogP contribution in [-0.4, -0.2) is 26.0 Å². The van der Waals surface area contributed by atoms with E-state index in [-0.39, 0.29) is 5.84 Å². The van der Waals surface area contributed by atoms with E-state index < -0.39 is 0 Å². The lowest BCUT2D eigenvalue weighted by atomic mass is 9.95. The van der Waals surface area contributed by atoms with Crippen molar-refractivity contribution in [2.24, 2.45) is 10.9 Å². The molecule has 0 unspecified atom stereocenters. The molecule has 0 atom stereocenters. The van der Waals surface area contributed by atoms with Gasteiger partial charge in [0.2, 0.25) is 0 Å². The maximum Gasteiger partial charge on any atom is 0.172 e. The fraction of sp³-hybridized carbons (Fsp3) is 0.308. The van der Waals surface area contributed by atoms with E-state index in [1.807, 2.05) is 6.07 Å². The van der Waals surface area contributed by atoms with E-state index in [0.717, 1.165) is 41.6 Å². The van der Waals surface area contributed by atoms with E-state index in [1.54, 1.807) is 12.4 Å². The minimum Gasteiger partial charge on any atom is -0.409 e. The van der Waals surface area contributed by atoms with Crippen LogP contribution < -0.4 is 5.73 Å². The molecule has 0 aromatic carbocycles. The summed E-state index contributed by atoms with van der Waals surface area (Å²) < 4.78 is 0. The predicted molar refractivity (Wildman–Crippen MR) is 76.1 cm³/mol. The van der Waals surface area contributed by atoms with Gasteiger partial charge >= 0.3 is 0 Å². The number of nitrogens with two attached hydrogens (primary N) is 1. The van der Waals surface area contributed by atoms with Crippen molar-refractivity contribution in [3.63, 3.8) is 0 Å². The van der Waals surface area contributed by atoms with Crippen LogP contribution in [0.4, 0.5) is 0 Å².